The highest BCUT2D eigenvalue weighted by molar-refractivity contribution is 5.85. The van der Waals surface area contributed by atoms with E-state index in [0.717, 1.165) is 0 Å². The molecule has 1 aliphatic rings. The Bertz CT molecular complexity index is 221. The lowest BCUT2D eigenvalue weighted by molar-refractivity contribution is -0.148. The molecule has 0 saturated carbocycles. The molecular formula is C8H14ClNO4. The van der Waals surface area contributed by atoms with Crippen molar-refractivity contribution in [2.45, 2.75) is 18.9 Å². The van der Waals surface area contributed by atoms with E-state index in [2.05, 4.69) is 10.1 Å². The summed E-state index contributed by atoms with van der Waals surface area (Å²) in [5, 5.41) is 11.5. The van der Waals surface area contributed by atoms with Gasteiger partial charge in [-0.1, -0.05) is 0 Å². The minimum atomic E-state index is -0.909. The maximum atomic E-state index is 11.1. The number of esters is 1. The number of hydrogen-bond acceptors (Lipinski definition) is 4. The van der Waals surface area contributed by atoms with E-state index < -0.39 is 12.0 Å². The third-order valence-electron chi connectivity index (χ3n) is 2.24. The van der Waals surface area contributed by atoms with E-state index >= 15 is 0 Å². The topological polar surface area (TPSA) is 75.6 Å². The predicted octanol–water partition coefficient (Wildman–Crippen LogP) is 0.0340. The third kappa shape index (κ3) is 3.16. The lowest BCUT2D eigenvalue weighted by Gasteiger charge is -2.25. The first kappa shape index (κ1) is 13.2. The van der Waals surface area contributed by atoms with E-state index in [1.54, 1.807) is 0 Å². The summed E-state index contributed by atoms with van der Waals surface area (Å²) < 4.78 is 4.56. The average molecular weight is 224 g/mol. The van der Waals surface area contributed by atoms with Crippen LogP contribution in [0.25, 0.3) is 0 Å². The average Bonchev–Trinajstić information content (AvgIpc) is 2.17. The van der Waals surface area contributed by atoms with Crippen LogP contribution < -0.4 is 5.32 Å². The quantitative estimate of drug-likeness (QED) is 0.647. The fourth-order valence-electron chi connectivity index (χ4n) is 1.49. The van der Waals surface area contributed by atoms with Gasteiger partial charge in [0.2, 0.25) is 0 Å². The molecule has 6 heteroatoms. The van der Waals surface area contributed by atoms with Crippen LogP contribution in [0, 0.1) is 5.92 Å². The van der Waals surface area contributed by atoms with Crippen molar-refractivity contribution in [3.63, 3.8) is 0 Å². The molecule has 82 valence electrons. The van der Waals surface area contributed by atoms with Gasteiger partial charge >= 0.3 is 11.9 Å². The zero-order valence-corrected chi connectivity index (χ0v) is 8.67. The number of methoxy groups -OCH3 is 1. The first-order valence-corrected chi connectivity index (χ1v) is 4.19. The lowest BCUT2D eigenvalue weighted by atomic mass is 9.93. The number of carboxylic acids is 1. The van der Waals surface area contributed by atoms with Gasteiger partial charge < -0.3 is 15.2 Å². The van der Waals surface area contributed by atoms with Crippen LogP contribution in [0.4, 0.5) is 0 Å². The van der Waals surface area contributed by atoms with E-state index in [0.29, 0.717) is 19.4 Å². The van der Waals surface area contributed by atoms with Crippen LogP contribution in [-0.2, 0) is 14.3 Å². The molecule has 2 unspecified atom stereocenters. The molecule has 0 aromatic rings. The number of carbonyl (C=O) groups excluding carboxylic acids is 1. The van der Waals surface area contributed by atoms with Gasteiger partial charge in [-0.3, -0.25) is 9.59 Å². The molecule has 0 spiro atoms. The molecule has 0 bridgehead atoms. The van der Waals surface area contributed by atoms with Crippen LogP contribution in [0.5, 0.6) is 0 Å². The van der Waals surface area contributed by atoms with Crippen molar-refractivity contribution in [3.8, 4) is 0 Å². The molecule has 1 fully saturated rings. The van der Waals surface area contributed by atoms with Crippen molar-refractivity contribution >= 4 is 24.3 Å². The maximum absolute atomic E-state index is 11.1. The van der Waals surface area contributed by atoms with Gasteiger partial charge in [-0.25, -0.2) is 0 Å². The minimum absolute atomic E-state index is 0. The molecule has 1 heterocycles. The van der Waals surface area contributed by atoms with Crippen molar-refractivity contribution in [1.29, 1.82) is 0 Å². The second kappa shape index (κ2) is 5.82. The number of hydrogen-bond donors (Lipinski definition) is 2. The van der Waals surface area contributed by atoms with Gasteiger partial charge in [-0.2, -0.15) is 0 Å². The van der Waals surface area contributed by atoms with Crippen LogP contribution in [0.15, 0.2) is 0 Å². The number of piperidine rings is 1. The summed E-state index contributed by atoms with van der Waals surface area (Å²) in [6.07, 6.45) is 0.971. The van der Waals surface area contributed by atoms with Crippen LogP contribution in [0.1, 0.15) is 12.8 Å². The van der Waals surface area contributed by atoms with Crippen molar-refractivity contribution in [1.82, 2.24) is 5.32 Å². The normalized spacial score (nSPS) is 26.1. The van der Waals surface area contributed by atoms with Gasteiger partial charge in [0.05, 0.1) is 13.0 Å². The number of carboxylic acid groups (broad SMARTS) is 1. The molecule has 0 aliphatic carbocycles. The van der Waals surface area contributed by atoms with E-state index in [1.807, 2.05) is 0 Å². The Morgan fingerprint density at radius 3 is 2.64 bits per heavy atom. The van der Waals surface area contributed by atoms with Crippen molar-refractivity contribution < 1.29 is 19.4 Å². The molecular weight excluding hydrogens is 210 g/mol. The highest BCUT2D eigenvalue weighted by Gasteiger charge is 2.30. The van der Waals surface area contributed by atoms with E-state index in [-0.39, 0.29) is 24.3 Å². The number of aliphatic carboxylic acids is 1. The second-order valence-electron chi connectivity index (χ2n) is 3.09. The standard InChI is InChI=1S/C8H13NO4.ClH/c1-13-8(12)5-2-3-9-6(4-5)7(10)11;/h5-6,9H,2-4H2,1H3,(H,10,11);1H. The monoisotopic (exact) mass is 223 g/mol. The van der Waals surface area contributed by atoms with Crippen molar-refractivity contribution in [3.05, 3.63) is 0 Å². The molecule has 1 rings (SSSR count). The molecule has 5 nitrogen and oxygen atoms in total. The molecule has 1 aliphatic heterocycles. The highest BCUT2D eigenvalue weighted by atomic mass is 35.5. The summed E-state index contributed by atoms with van der Waals surface area (Å²) in [4.78, 5) is 21.7. The van der Waals surface area contributed by atoms with Crippen LogP contribution in [0.3, 0.4) is 0 Å². The SMILES string of the molecule is COC(=O)C1CCNC(C(=O)O)C1.Cl. The zero-order valence-electron chi connectivity index (χ0n) is 7.86. The Kier molecular flexibility index (Phi) is 5.49. The van der Waals surface area contributed by atoms with E-state index in [9.17, 15) is 9.59 Å². The van der Waals surface area contributed by atoms with Gasteiger partial charge in [-0.05, 0) is 19.4 Å². The first-order valence-electron chi connectivity index (χ1n) is 4.19. The van der Waals surface area contributed by atoms with Crippen molar-refractivity contribution in [2.24, 2.45) is 5.92 Å². The minimum Gasteiger partial charge on any atom is -0.480 e. The van der Waals surface area contributed by atoms with Gasteiger partial charge in [0, 0.05) is 0 Å². The summed E-state index contributed by atoms with van der Waals surface area (Å²) in [5.74, 6) is -1.49. The number of carbonyl (C=O) groups is 2. The molecule has 2 N–H and O–H groups in total. The number of halogens is 1. The number of rotatable bonds is 2. The van der Waals surface area contributed by atoms with Crippen LogP contribution >= 0.6 is 12.4 Å². The molecule has 0 aromatic carbocycles. The molecule has 0 radical (unpaired) electrons. The Morgan fingerprint density at radius 1 is 1.50 bits per heavy atom. The fraction of sp³-hybridized carbons (Fsp3) is 0.750. The first-order chi connectivity index (χ1) is 6.15. The van der Waals surface area contributed by atoms with Gasteiger partial charge in [-0.15, -0.1) is 12.4 Å². The summed E-state index contributed by atoms with van der Waals surface area (Å²) in [6.45, 7) is 0.552. The summed E-state index contributed by atoms with van der Waals surface area (Å²) in [5.41, 5.74) is 0. The lowest BCUT2D eigenvalue weighted by Crippen LogP contribution is -2.45. The smallest absolute Gasteiger partial charge is 0.320 e. The Balaban J connectivity index is 0.00000169. The Morgan fingerprint density at radius 2 is 2.14 bits per heavy atom. The second-order valence-corrected chi connectivity index (χ2v) is 3.09. The van der Waals surface area contributed by atoms with Crippen molar-refractivity contribution in [2.75, 3.05) is 13.7 Å². The summed E-state index contributed by atoms with van der Waals surface area (Å²) >= 11 is 0. The van der Waals surface area contributed by atoms with Gasteiger partial charge in [0.25, 0.3) is 0 Å². The Hall–Kier alpha value is -0.810. The van der Waals surface area contributed by atoms with E-state index in [1.165, 1.54) is 7.11 Å². The van der Waals surface area contributed by atoms with Gasteiger partial charge in [0.15, 0.2) is 0 Å². The number of ether oxygens (including phenoxy) is 1. The fourth-order valence-corrected chi connectivity index (χ4v) is 1.49. The predicted molar refractivity (Wildman–Crippen MR) is 51.4 cm³/mol. The molecule has 2 atom stereocenters. The highest BCUT2D eigenvalue weighted by Crippen LogP contribution is 2.17. The Labute approximate surface area is 88.2 Å². The van der Waals surface area contributed by atoms with Crippen LogP contribution in [0.2, 0.25) is 0 Å². The summed E-state index contributed by atoms with van der Waals surface area (Å²) in [6, 6.07) is -0.613. The molecule has 14 heavy (non-hydrogen) atoms. The van der Waals surface area contributed by atoms with Gasteiger partial charge in [0.1, 0.15) is 6.04 Å². The maximum Gasteiger partial charge on any atom is 0.320 e. The third-order valence-corrected chi connectivity index (χ3v) is 2.24. The zero-order chi connectivity index (χ0) is 9.84. The largest absolute Gasteiger partial charge is 0.480 e. The summed E-state index contributed by atoms with van der Waals surface area (Å²) in [7, 11) is 1.32. The van der Waals surface area contributed by atoms with Crippen LogP contribution in [-0.4, -0.2) is 36.7 Å². The molecule has 1 saturated heterocycles. The number of nitrogens with one attached hydrogen (secondary N) is 1. The van der Waals surface area contributed by atoms with E-state index in [4.69, 9.17) is 5.11 Å². The molecule has 0 aromatic heterocycles. The molecule has 0 amide bonds.